The number of amides is 1. The SMILES string of the molecule is CCCN1CCC[C@H](NC(=O)O)C1. The lowest BCUT2D eigenvalue weighted by Gasteiger charge is -2.32. The second-order valence-corrected chi connectivity index (χ2v) is 3.59. The van der Waals surface area contributed by atoms with Crippen molar-refractivity contribution in [1.82, 2.24) is 10.2 Å². The van der Waals surface area contributed by atoms with E-state index in [4.69, 9.17) is 5.11 Å². The Kier molecular flexibility index (Phi) is 4.02. The first-order valence-corrected chi connectivity index (χ1v) is 4.94. The van der Waals surface area contributed by atoms with Gasteiger partial charge in [0, 0.05) is 12.6 Å². The molecular weight excluding hydrogens is 168 g/mol. The molecule has 4 nitrogen and oxygen atoms in total. The van der Waals surface area contributed by atoms with Crippen molar-refractivity contribution < 1.29 is 9.90 Å². The van der Waals surface area contributed by atoms with Gasteiger partial charge in [0.1, 0.15) is 0 Å². The smallest absolute Gasteiger partial charge is 0.404 e. The monoisotopic (exact) mass is 186 g/mol. The fourth-order valence-corrected chi connectivity index (χ4v) is 1.87. The van der Waals surface area contributed by atoms with Gasteiger partial charge in [-0.05, 0) is 32.4 Å². The Balaban J connectivity index is 2.28. The first-order valence-electron chi connectivity index (χ1n) is 4.94. The average Bonchev–Trinajstić information content (AvgIpc) is 2.04. The van der Waals surface area contributed by atoms with Crippen molar-refractivity contribution >= 4 is 6.09 Å². The number of carbonyl (C=O) groups is 1. The van der Waals surface area contributed by atoms with Crippen LogP contribution < -0.4 is 5.32 Å². The number of likely N-dealkylation sites (tertiary alicyclic amines) is 1. The van der Waals surface area contributed by atoms with Gasteiger partial charge in [0.05, 0.1) is 0 Å². The van der Waals surface area contributed by atoms with E-state index < -0.39 is 6.09 Å². The molecule has 1 fully saturated rings. The minimum absolute atomic E-state index is 0.137. The van der Waals surface area contributed by atoms with Crippen LogP contribution in [0.4, 0.5) is 4.79 Å². The predicted molar refractivity (Wildman–Crippen MR) is 50.9 cm³/mol. The lowest BCUT2D eigenvalue weighted by molar-refractivity contribution is 0.163. The summed E-state index contributed by atoms with van der Waals surface area (Å²) in [5.74, 6) is 0. The maximum absolute atomic E-state index is 10.4. The van der Waals surface area contributed by atoms with Gasteiger partial charge in [-0.1, -0.05) is 6.92 Å². The van der Waals surface area contributed by atoms with Gasteiger partial charge in [0.15, 0.2) is 0 Å². The number of hydrogen-bond acceptors (Lipinski definition) is 2. The number of nitrogens with one attached hydrogen (secondary N) is 1. The summed E-state index contributed by atoms with van der Waals surface area (Å²) in [5, 5.41) is 11.1. The molecule has 1 rings (SSSR count). The van der Waals surface area contributed by atoms with Crippen LogP contribution in [0.2, 0.25) is 0 Å². The molecule has 4 heteroatoms. The molecule has 0 aromatic heterocycles. The molecule has 76 valence electrons. The molecular formula is C9H18N2O2. The summed E-state index contributed by atoms with van der Waals surface area (Å²) in [4.78, 5) is 12.7. The van der Waals surface area contributed by atoms with E-state index in [2.05, 4.69) is 17.1 Å². The third-order valence-corrected chi connectivity index (χ3v) is 2.37. The van der Waals surface area contributed by atoms with E-state index in [1.54, 1.807) is 0 Å². The maximum atomic E-state index is 10.4. The zero-order chi connectivity index (χ0) is 9.68. The van der Waals surface area contributed by atoms with Crippen LogP contribution in [-0.2, 0) is 0 Å². The minimum Gasteiger partial charge on any atom is -0.465 e. The van der Waals surface area contributed by atoms with E-state index in [1.807, 2.05) is 0 Å². The van der Waals surface area contributed by atoms with Crippen LogP contribution in [0, 0.1) is 0 Å². The Hall–Kier alpha value is -0.770. The molecule has 0 aliphatic carbocycles. The summed E-state index contributed by atoms with van der Waals surface area (Å²) in [6, 6.07) is 0.137. The Bertz CT molecular complexity index is 171. The molecule has 1 aliphatic heterocycles. The van der Waals surface area contributed by atoms with Crippen LogP contribution in [0.1, 0.15) is 26.2 Å². The van der Waals surface area contributed by atoms with Gasteiger partial charge in [0.25, 0.3) is 0 Å². The van der Waals surface area contributed by atoms with E-state index in [9.17, 15) is 4.79 Å². The fraction of sp³-hybridized carbons (Fsp3) is 0.889. The minimum atomic E-state index is -0.900. The molecule has 1 amide bonds. The van der Waals surface area contributed by atoms with Crippen molar-refractivity contribution in [2.24, 2.45) is 0 Å². The second-order valence-electron chi connectivity index (χ2n) is 3.59. The summed E-state index contributed by atoms with van der Waals surface area (Å²) in [7, 11) is 0. The van der Waals surface area contributed by atoms with Crippen LogP contribution >= 0.6 is 0 Å². The Labute approximate surface area is 78.9 Å². The molecule has 1 saturated heterocycles. The van der Waals surface area contributed by atoms with Crippen LogP contribution in [0.5, 0.6) is 0 Å². The number of nitrogens with zero attached hydrogens (tertiary/aromatic N) is 1. The topological polar surface area (TPSA) is 52.6 Å². The molecule has 1 aliphatic rings. The van der Waals surface area contributed by atoms with Crippen LogP contribution in [-0.4, -0.2) is 41.8 Å². The zero-order valence-corrected chi connectivity index (χ0v) is 8.12. The number of hydrogen-bond donors (Lipinski definition) is 2. The van der Waals surface area contributed by atoms with Crippen LogP contribution in [0.3, 0.4) is 0 Å². The Morgan fingerprint density at radius 3 is 3.08 bits per heavy atom. The largest absolute Gasteiger partial charge is 0.465 e. The van der Waals surface area contributed by atoms with Gasteiger partial charge in [0.2, 0.25) is 0 Å². The normalized spacial score (nSPS) is 24.2. The standard InChI is InChI=1S/C9H18N2O2/c1-2-5-11-6-3-4-8(7-11)10-9(12)13/h8,10H,2-7H2,1H3,(H,12,13)/t8-/m0/s1. The molecule has 0 unspecified atom stereocenters. The van der Waals surface area contributed by atoms with Crippen molar-refractivity contribution in [3.05, 3.63) is 0 Å². The zero-order valence-electron chi connectivity index (χ0n) is 8.12. The lowest BCUT2D eigenvalue weighted by atomic mass is 10.1. The van der Waals surface area contributed by atoms with Crippen molar-refractivity contribution in [2.45, 2.75) is 32.2 Å². The van der Waals surface area contributed by atoms with Gasteiger partial charge in [-0.25, -0.2) is 4.79 Å². The van der Waals surface area contributed by atoms with Gasteiger partial charge in [-0.15, -0.1) is 0 Å². The first kappa shape index (κ1) is 10.3. The van der Waals surface area contributed by atoms with E-state index in [0.717, 1.165) is 38.9 Å². The van der Waals surface area contributed by atoms with Crippen molar-refractivity contribution in [1.29, 1.82) is 0 Å². The van der Waals surface area contributed by atoms with E-state index in [1.165, 1.54) is 0 Å². The summed E-state index contributed by atoms with van der Waals surface area (Å²) < 4.78 is 0. The summed E-state index contributed by atoms with van der Waals surface area (Å²) in [6.07, 6.45) is 2.32. The average molecular weight is 186 g/mol. The molecule has 0 saturated carbocycles. The van der Waals surface area contributed by atoms with E-state index >= 15 is 0 Å². The van der Waals surface area contributed by atoms with Crippen LogP contribution in [0.15, 0.2) is 0 Å². The molecule has 2 N–H and O–H groups in total. The molecule has 0 radical (unpaired) electrons. The lowest BCUT2D eigenvalue weighted by Crippen LogP contribution is -2.47. The van der Waals surface area contributed by atoms with E-state index in [-0.39, 0.29) is 6.04 Å². The molecule has 0 spiro atoms. The highest BCUT2D eigenvalue weighted by molar-refractivity contribution is 5.64. The Morgan fingerprint density at radius 1 is 1.69 bits per heavy atom. The molecule has 0 aromatic rings. The third-order valence-electron chi connectivity index (χ3n) is 2.37. The van der Waals surface area contributed by atoms with Gasteiger partial charge < -0.3 is 15.3 Å². The quantitative estimate of drug-likeness (QED) is 0.694. The predicted octanol–water partition coefficient (Wildman–Crippen LogP) is 1.13. The molecule has 0 bridgehead atoms. The summed E-state index contributed by atoms with van der Waals surface area (Å²) >= 11 is 0. The van der Waals surface area contributed by atoms with Gasteiger partial charge in [-0.3, -0.25) is 0 Å². The number of carboxylic acid groups (broad SMARTS) is 1. The molecule has 0 aromatic carbocycles. The maximum Gasteiger partial charge on any atom is 0.404 e. The van der Waals surface area contributed by atoms with Crippen molar-refractivity contribution in [3.63, 3.8) is 0 Å². The third kappa shape index (κ3) is 3.63. The van der Waals surface area contributed by atoms with Crippen LogP contribution in [0.25, 0.3) is 0 Å². The molecule has 1 atom stereocenters. The number of piperidine rings is 1. The number of rotatable bonds is 3. The fourth-order valence-electron chi connectivity index (χ4n) is 1.87. The van der Waals surface area contributed by atoms with Gasteiger partial charge in [-0.2, -0.15) is 0 Å². The summed E-state index contributed by atoms with van der Waals surface area (Å²) in [6.45, 7) is 5.22. The molecule has 1 heterocycles. The highest BCUT2D eigenvalue weighted by Crippen LogP contribution is 2.09. The highest BCUT2D eigenvalue weighted by atomic mass is 16.4. The summed E-state index contributed by atoms with van der Waals surface area (Å²) in [5.41, 5.74) is 0. The molecule has 13 heavy (non-hydrogen) atoms. The van der Waals surface area contributed by atoms with Crippen molar-refractivity contribution in [2.75, 3.05) is 19.6 Å². The Morgan fingerprint density at radius 2 is 2.46 bits per heavy atom. The second kappa shape index (κ2) is 5.07. The van der Waals surface area contributed by atoms with Crippen molar-refractivity contribution in [3.8, 4) is 0 Å². The highest BCUT2D eigenvalue weighted by Gasteiger charge is 2.19. The van der Waals surface area contributed by atoms with Gasteiger partial charge >= 0.3 is 6.09 Å². The first-order chi connectivity index (χ1) is 6.22. The van der Waals surface area contributed by atoms with E-state index in [0.29, 0.717) is 0 Å².